The second-order valence-corrected chi connectivity index (χ2v) is 4.67. The average Bonchev–Trinajstić information content (AvgIpc) is 2.54. The summed E-state index contributed by atoms with van der Waals surface area (Å²) in [4.78, 5) is 12.1. The van der Waals surface area contributed by atoms with Crippen molar-refractivity contribution in [3.05, 3.63) is 66.7 Å². The van der Waals surface area contributed by atoms with E-state index in [1.807, 2.05) is 48.5 Å². The van der Waals surface area contributed by atoms with Crippen molar-refractivity contribution in [1.82, 2.24) is 0 Å². The number of amides is 1. The summed E-state index contributed by atoms with van der Waals surface area (Å²) < 4.78 is 10.6. The molecule has 0 aliphatic carbocycles. The summed E-state index contributed by atoms with van der Waals surface area (Å²) in [5.74, 6) is 1.30. The highest BCUT2D eigenvalue weighted by Gasteiger charge is 2.08. The third-order valence-corrected chi connectivity index (χ3v) is 3.04. The highest BCUT2D eigenvalue weighted by atomic mass is 16.5. The van der Waals surface area contributed by atoms with Crippen LogP contribution in [-0.4, -0.2) is 19.6 Å². The van der Waals surface area contributed by atoms with Gasteiger partial charge in [-0.3, -0.25) is 4.79 Å². The molecule has 0 aliphatic heterocycles. The van der Waals surface area contributed by atoms with Crippen LogP contribution >= 0.6 is 0 Å². The number of rotatable bonds is 7. The zero-order valence-corrected chi connectivity index (χ0v) is 12.5. The maximum absolute atomic E-state index is 12.1. The predicted molar refractivity (Wildman–Crippen MR) is 87.5 cm³/mol. The third kappa shape index (κ3) is 4.38. The molecule has 0 radical (unpaired) electrons. The maximum atomic E-state index is 12.1. The fraction of sp³-hybridized carbons (Fsp3) is 0.167. The van der Waals surface area contributed by atoms with Gasteiger partial charge in [0.05, 0.1) is 19.2 Å². The number of carbonyl (C=O) groups excluding carboxylic acids is 1. The van der Waals surface area contributed by atoms with Crippen LogP contribution in [0.4, 0.5) is 5.69 Å². The molecule has 2 aromatic rings. The predicted octanol–water partition coefficient (Wildman–Crippen LogP) is 3.44. The average molecular weight is 297 g/mol. The topological polar surface area (TPSA) is 47.6 Å². The molecule has 0 saturated carbocycles. The number of ether oxygens (including phenoxy) is 2. The number of nitrogens with one attached hydrogen (secondary N) is 1. The fourth-order valence-corrected chi connectivity index (χ4v) is 1.97. The number of anilines is 1. The molecule has 4 heteroatoms. The van der Waals surface area contributed by atoms with Gasteiger partial charge in [-0.25, -0.2) is 0 Å². The van der Waals surface area contributed by atoms with Gasteiger partial charge in [-0.05, 0) is 29.8 Å². The van der Waals surface area contributed by atoms with Crippen LogP contribution in [0.15, 0.2) is 61.2 Å². The van der Waals surface area contributed by atoms with E-state index in [0.717, 1.165) is 11.3 Å². The van der Waals surface area contributed by atoms with Gasteiger partial charge >= 0.3 is 0 Å². The Labute approximate surface area is 130 Å². The SMILES string of the molecule is C=CCOc1ccccc1NC(=O)Cc1ccc(OC)cc1. The van der Waals surface area contributed by atoms with E-state index in [1.54, 1.807) is 13.2 Å². The van der Waals surface area contributed by atoms with Gasteiger partial charge < -0.3 is 14.8 Å². The zero-order valence-electron chi connectivity index (χ0n) is 12.5. The van der Waals surface area contributed by atoms with Crippen molar-refractivity contribution in [2.24, 2.45) is 0 Å². The molecule has 0 heterocycles. The van der Waals surface area contributed by atoms with Crippen molar-refractivity contribution in [1.29, 1.82) is 0 Å². The van der Waals surface area contributed by atoms with Gasteiger partial charge in [-0.1, -0.05) is 36.9 Å². The molecular formula is C18H19NO3. The molecule has 0 aromatic heterocycles. The molecule has 0 atom stereocenters. The van der Waals surface area contributed by atoms with Crippen LogP contribution in [0, 0.1) is 0 Å². The van der Waals surface area contributed by atoms with Crippen LogP contribution in [0.25, 0.3) is 0 Å². The molecule has 114 valence electrons. The van der Waals surface area contributed by atoms with Crippen molar-refractivity contribution in [3.63, 3.8) is 0 Å². The number of carbonyl (C=O) groups is 1. The molecule has 1 N–H and O–H groups in total. The third-order valence-electron chi connectivity index (χ3n) is 3.04. The molecule has 0 spiro atoms. The largest absolute Gasteiger partial charge is 0.497 e. The monoisotopic (exact) mass is 297 g/mol. The molecule has 22 heavy (non-hydrogen) atoms. The first-order valence-corrected chi connectivity index (χ1v) is 6.98. The fourth-order valence-electron chi connectivity index (χ4n) is 1.97. The van der Waals surface area contributed by atoms with E-state index in [-0.39, 0.29) is 5.91 Å². The standard InChI is InChI=1S/C18H19NO3/c1-3-12-22-17-7-5-4-6-16(17)19-18(20)13-14-8-10-15(21-2)11-9-14/h3-11H,1,12-13H2,2H3,(H,19,20). The van der Waals surface area contributed by atoms with Crippen molar-refractivity contribution in [2.45, 2.75) is 6.42 Å². The van der Waals surface area contributed by atoms with Crippen LogP contribution in [0.1, 0.15) is 5.56 Å². The van der Waals surface area contributed by atoms with Crippen molar-refractivity contribution < 1.29 is 14.3 Å². The summed E-state index contributed by atoms with van der Waals surface area (Å²) >= 11 is 0. The van der Waals surface area contributed by atoms with Crippen LogP contribution in [-0.2, 0) is 11.2 Å². The Morgan fingerprint density at radius 1 is 1.18 bits per heavy atom. The Kier molecular flexibility index (Phi) is 5.60. The summed E-state index contributed by atoms with van der Waals surface area (Å²) in [5, 5.41) is 2.87. The van der Waals surface area contributed by atoms with E-state index < -0.39 is 0 Å². The second-order valence-electron chi connectivity index (χ2n) is 4.67. The Bertz CT molecular complexity index is 635. The van der Waals surface area contributed by atoms with Crippen LogP contribution < -0.4 is 14.8 Å². The molecule has 0 fully saturated rings. The first-order valence-electron chi connectivity index (χ1n) is 6.98. The van der Waals surface area contributed by atoms with Gasteiger partial charge in [0.1, 0.15) is 18.1 Å². The Morgan fingerprint density at radius 3 is 2.59 bits per heavy atom. The van der Waals surface area contributed by atoms with E-state index in [9.17, 15) is 4.79 Å². The summed E-state index contributed by atoms with van der Waals surface area (Å²) in [6.45, 7) is 4.01. The molecule has 0 saturated heterocycles. The minimum atomic E-state index is -0.0974. The highest BCUT2D eigenvalue weighted by molar-refractivity contribution is 5.93. The van der Waals surface area contributed by atoms with E-state index in [2.05, 4.69) is 11.9 Å². The van der Waals surface area contributed by atoms with E-state index in [1.165, 1.54) is 0 Å². The summed E-state index contributed by atoms with van der Waals surface area (Å²) in [6.07, 6.45) is 1.95. The van der Waals surface area contributed by atoms with Gasteiger partial charge in [-0.15, -0.1) is 0 Å². The Balaban J connectivity index is 2.00. The van der Waals surface area contributed by atoms with Crippen molar-refractivity contribution >= 4 is 11.6 Å². The van der Waals surface area contributed by atoms with Gasteiger partial charge in [0.2, 0.25) is 5.91 Å². The number of hydrogen-bond donors (Lipinski definition) is 1. The highest BCUT2D eigenvalue weighted by Crippen LogP contribution is 2.24. The molecular weight excluding hydrogens is 278 g/mol. The second kappa shape index (κ2) is 7.88. The quantitative estimate of drug-likeness (QED) is 0.796. The van der Waals surface area contributed by atoms with Gasteiger partial charge in [0.15, 0.2) is 0 Å². The van der Waals surface area contributed by atoms with Gasteiger partial charge in [0.25, 0.3) is 0 Å². The number of hydrogen-bond acceptors (Lipinski definition) is 3. The number of methoxy groups -OCH3 is 1. The lowest BCUT2D eigenvalue weighted by Crippen LogP contribution is -2.15. The Morgan fingerprint density at radius 2 is 1.91 bits per heavy atom. The first-order chi connectivity index (χ1) is 10.7. The van der Waals surface area contributed by atoms with Crippen LogP contribution in [0.3, 0.4) is 0 Å². The van der Waals surface area contributed by atoms with Crippen LogP contribution in [0.2, 0.25) is 0 Å². The first kappa shape index (κ1) is 15.6. The normalized spacial score (nSPS) is 9.86. The summed E-state index contributed by atoms with van der Waals surface area (Å²) in [6, 6.07) is 14.8. The van der Waals surface area contributed by atoms with Crippen molar-refractivity contribution in [2.75, 3.05) is 19.0 Å². The molecule has 1 amide bonds. The van der Waals surface area contributed by atoms with Crippen molar-refractivity contribution in [3.8, 4) is 11.5 Å². The van der Waals surface area contributed by atoms with E-state index >= 15 is 0 Å². The van der Waals surface area contributed by atoms with E-state index in [0.29, 0.717) is 24.5 Å². The minimum Gasteiger partial charge on any atom is -0.497 e. The molecule has 0 aliphatic rings. The lowest BCUT2D eigenvalue weighted by molar-refractivity contribution is -0.115. The van der Waals surface area contributed by atoms with Crippen LogP contribution in [0.5, 0.6) is 11.5 Å². The number of para-hydroxylation sites is 2. The maximum Gasteiger partial charge on any atom is 0.228 e. The minimum absolute atomic E-state index is 0.0974. The molecule has 0 unspecified atom stereocenters. The Hall–Kier alpha value is -2.75. The summed E-state index contributed by atoms with van der Waals surface area (Å²) in [7, 11) is 1.61. The molecule has 4 nitrogen and oxygen atoms in total. The van der Waals surface area contributed by atoms with Gasteiger partial charge in [-0.2, -0.15) is 0 Å². The summed E-state index contributed by atoms with van der Waals surface area (Å²) in [5.41, 5.74) is 1.57. The van der Waals surface area contributed by atoms with Gasteiger partial charge in [0, 0.05) is 0 Å². The molecule has 2 rings (SSSR count). The lowest BCUT2D eigenvalue weighted by atomic mass is 10.1. The smallest absolute Gasteiger partial charge is 0.228 e. The molecule has 0 bridgehead atoms. The zero-order chi connectivity index (χ0) is 15.8. The van der Waals surface area contributed by atoms with E-state index in [4.69, 9.17) is 9.47 Å². The molecule has 2 aromatic carbocycles. The number of benzene rings is 2. The lowest BCUT2D eigenvalue weighted by Gasteiger charge is -2.11.